The van der Waals surface area contributed by atoms with Gasteiger partial charge in [-0.1, -0.05) is 19.1 Å². The van der Waals surface area contributed by atoms with Crippen LogP contribution in [0.25, 0.3) is 5.57 Å². The molecule has 2 rings (SSSR count). The molecule has 17 heavy (non-hydrogen) atoms. The predicted octanol–water partition coefficient (Wildman–Crippen LogP) is 4.32. The van der Waals surface area contributed by atoms with Crippen LogP contribution in [0.4, 0.5) is 13.2 Å². The second-order valence-corrected chi connectivity index (χ2v) is 4.00. The lowest BCUT2D eigenvalue weighted by atomic mass is 10.1. The topological polar surface area (TPSA) is 9.23 Å². The average Bonchev–Trinajstić information content (AvgIpc) is 2.59. The van der Waals surface area contributed by atoms with Crippen LogP contribution < -0.4 is 4.74 Å². The number of hydrogen-bond acceptors (Lipinski definition) is 1. The summed E-state index contributed by atoms with van der Waals surface area (Å²) in [6, 6.07) is 4.57. The maximum Gasteiger partial charge on any atom is 0.573 e. The minimum atomic E-state index is -4.62. The molecule has 0 aliphatic heterocycles. The molecule has 1 aliphatic carbocycles. The van der Waals surface area contributed by atoms with Crippen molar-refractivity contribution in [3.05, 3.63) is 35.4 Å². The highest BCUT2D eigenvalue weighted by Crippen LogP contribution is 2.36. The standard InChI is InChI=1S/C13H13F3O/c1-2-3-9-4-5-10-6-7-11(8-12(9)10)17-13(14,15)16/h3,6-8H,2,4-5H2,1H3/b9-3+. The number of alkyl halides is 3. The molecule has 1 aromatic carbocycles. The summed E-state index contributed by atoms with van der Waals surface area (Å²) in [5, 5.41) is 0. The van der Waals surface area contributed by atoms with E-state index in [1.807, 2.05) is 6.92 Å². The van der Waals surface area contributed by atoms with Crippen molar-refractivity contribution in [2.24, 2.45) is 0 Å². The number of hydrogen-bond donors (Lipinski definition) is 0. The van der Waals surface area contributed by atoms with Crippen molar-refractivity contribution in [2.75, 3.05) is 0 Å². The Labute approximate surface area is 97.9 Å². The van der Waals surface area contributed by atoms with Gasteiger partial charge in [-0.2, -0.15) is 0 Å². The third kappa shape index (κ3) is 2.81. The number of halogens is 3. The molecule has 92 valence electrons. The van der Waals surface area contributed by atoms with E-state index < -0.39 is 6.36 Å². The van der Waals surface area contributed by atoms with Gasteiger partial charge in [-0.15, -0.1) is 13.2 Å². The van der Waals surface area contributed by atoms with Crippen molar-refractivity contribution in [1.29, 1.82) is 0 Å². The van der Waals surface area contributed by atoms with Crippen molar-refractivity contribution >= 4 is 5.57 Å². The molecule has 0 unspecified atom stereocenters. The summed E-state index contributed by atoms with van der Waals surface area (Å²) in [5.74, 6) is -0.139. The van der Waals surface area contributed by atoms with Gasteiger partial charge in [0.05, 0.1) is 0 Å². The number of benzene rings is 1. The molecular weight excluding hydrogens is 229 g/mol. The van der Waals surface area contributed by atoms with Gasteiger partial charge in [0.2, 0.25) is 0 Å². The molecule has 0 fully saturated rings. The summed E-state index contributed by atoms with van der Waals surface area (Å²) in [6.45, 7) is 2.01. The molecule has 0 heterocycles. The SMILES string of the molecule is CC/C=C1\CCc2ccc(OC(F)(F)F)cc21. The van der Waals surface area contributed by atoms with Gasteiger partial charge in [-0.3, -0.25) is 0 Å². The Bertz CT molecular complexity index is 446. The molecule has 1 aliphatic rings. The average molecular weight is 242 g/mol. The Hall–Kier alpha value is -1.45. The van der Waals surface area contributed by atoms with Crippen molar-refractivity contribution in [2.45, 2.75) is 32.5 Å². The molecule has 0 bridgehead atoms. The monoisotopic (exact) mass is 242 g/mol. The first-order chi connectivity index (χ1) is 7.99. The largest absolute Gasteiger partial charge is 0.573 e. The lowest BCUT2D eigenvalue weighted by Crippen LogP contribution is -2.17. The maximum atomic E-state index is 12.1. The van der Waals surface area contributed by atoms with Crippen LogP contribution in [0.15, 0.2) is 24.3 Å². The Balaban J connectivity index is 2.30. The smallest absolute Gasteiger partial charge is 0.406 e. The second kappa shape index (κ2) is 4.43. The highest BCUT2D eigenvalue weighted by Gasteiger charge is 2.31. The van der Waals surface area contributed by atoms with Crippen LogP contribution in [0.2, 0.25) is 0 Å². The van der Waals surface area contributed by atoms with Crippen LogP contribution in [-0.4, -0.2) is 6.36 Å². The van der Waals surface area contributed by atoms with Gasteiger partial charge < -0.3 is 4.74 Å². The Morgan fingerprint density at radius 3 is 2.71 bits per heavy atom. The zero-order valence-corrected chi connectivity index (χ0v) is 9.47. The number of fused-ring (bicyclic) bond motifs is 1. The van der Waals surface area contributed by atoms with E-state index in [9.17, 15) is 13.2 Å². The van der Waals surface area contributed by atoms with E-state index in [1.54, 1.807) is 6.07 Å². The van der Waals surface area contributed by atoms with Gasteiger partial charge in [0.25, 0.3) is 0 Å². The Morgan fingerprint density at radius 2 is 2.06 bits per heavy atom. The third-order valence-electron chi connectivity index (χ3n) is 2.78. The number of rotatable bonds is 2. The minimum absolute atomic E-state index is 0.139. The van der Waals surface area contributed by atoms with Crippen molar-refractivity contribution in [3.8, 4) is 5.75 Å². The summed E-state index contributed by atoms with van der Waals surface area (Å²) in [5.41, 5.74) is 3.11. The second-order valence-electron chi connectivity index (χ2n) is 4.00. The normalized spacial score (nSPS) is 17.3. The molecule has 0 amide bonds. The maximum absolute atomic E-state index is 12.1. The van der Waals surface area contributed by atoms with Crippen LogP contribution in [0.5, 0.6) is 5.75 Å². The highest BCUT2D eigenvalue weighted by molar-refractivity contribution is 5.73. The lowest BCUT2D eigenvalue weighted by Gasteiger charge is -2.10. The first kappa shape index (κ1) is 12.0. The molecule has 0 aromatic heterocycles. The summed E-state index contributed by atoms with van der Waals surface area (Å²) in [4.78, 5) is 0. The first-order valence-electron chi connectivity index (χ1n) is 5.57. The van der Waals surface area contributed by atoms with E-state index in [2.05, 4.69) is 10.8 Å². The van der Waals surface area contributed by atoms with E-state index in [4.69, 9.17) is 0 Å². The van der Waals surface area contributed by atoms with E-state index >= 15 is 0 Å². The zero-order valence-electron chi connectivity index (χ0n) is 9.47. The quantitative estimate of drug-likeness (QED) is 0.750. The van der Waals surface area contributed by atoms with Crippen LogP contribution in [0, 0.1) is 0 Å². The van der Waals surface area contributed by atoms with Gasteiger partial charge >= 0.3 is 6.36 Å². The summed E-state index contributed by atoms with van der Waals surface area (Å²) in [7, 11) is 0. The molecule has 0 saturated carbocycles. The molecule has 1 aromatic rings. The molecule has 0 spiro atoms. The van der Waals surface area contributed by atoms with Crippen molar-refractivity contribution in [1.82, 2.24) is 0 Å². The van der Waals surface area contributed by atoms with Gasteiger partial charge in [0.15, 0.2) is 0 Å². The summed E-state index contributed by atoms with van der Waals surface area (Å²) < 4.78 is 40.2. The molecule has 1 nitrogen and oxygen atoms in total. The minimum Gasteiger partial charge on any atom is -0.406 e. The van der Waals surface area contributed by atoms with Gasteiger partial charge in [0, 0.05) is 0 Å². The first-order valence-corrected chi connectivity index (χ1v) is 5.57. The highest BCUT2D eigenvalue weighted by atomic mass is 19.4. The fourth-order valence-corrected chi connectivity index (χ4v) is 2.13. The van der Waals surface area contributed by atoms with E-state index in [0.29, 0.717) is 0 Å². The summed E-state index contributed by atoms with van der Waals surface area (Å²) >= 11 is 0. The zero-order chi connectivity index (χ0) is 12.5. The van der Waals surface area contributed by atoms with Crippen molar-refractivity contribution in [3.63, 3.8) is 0 Å². The van der Waals surface area contributed by atoms with Crippen LogP contribution in [0.1, 0.15) is 30.9 Å². The fourth-order valence-electron chi connectivity index (χ4n) is 2.13. The number of ether oxygens (including phenoxy) is 1. The molecule has 0 N–H and O–H groups in total. The molecule has 4 heteroatoms. The van der Waals surface area contributed by atoms with Crippen LogP contribution in [0.3, 0.4) is 0 Å². The predicted molar refractivity (Wildman–Crippen MR) is 59.7 cm³/mol. The molecule has 0 saturated heterocycles. The van der Waals surface area contributed by atoms with Gasteiger partial charge in [-0.25, -0.2) is 0 Å². The van der Waals surface area contributed by atoms with Gasteiger partial charge in [-0.05, 0) is 48.1 Å². The van der Waals surface area contributed by atoms with Crippen molar-refractivity contribution < 1.29 is 17.9 Å². The molecule has 0 radical (unpaired) electrons. The summed E-state index contributed by atoms with van der Waals surface area (Å²) in [6.07, 6.45) is 0.121. The molecule has 0 atom stereocenters. The van der Waals surface area contributed by atoms with Gasteiger partial charge in [0.1, 0.15) is 5.75 Å². The van der Waals surface area contributed by atoms with Crippen LogP contribution >= 0.6 is 0 Å². The van der Waals surface area contributed by atoms with E-state index in [1.165, 1.54) is 12.1 Å². The fraction of sp³-hybridized carbons (Fsp3) is 0.385. The third-order valence-corrected chi connectivity index (χ3v) is 2.78. The van der Waals surface area contributed by atoms with Crippen LogP contribution in [-0.2, 0) is 6.42 Å². The van der Waals surface area contributed by atoms with E-state index in [-0.39, 0.29) is 5.75 Å². The Kier molecular flexibility index (Phi) is 3.13. The lowest BCUT2D eigenvalue weighted by molar-refractivity contribution is -0.274. The number of aryl methyl sites for hydroxylation is 1. The molecular formula is C13H13F3O. The van der Waals surface area contributed by atoms with E-state index in [0.717, 1.165) is 36.0 Å². The number of allylic oxidation sites excluding steroid dienone is 2. The Morgan fingerprint density at radius 1 is 1.29 bits per heavy atom.